The number of hydrogen-bond donors (Lipinski definition) is 1. The van der Waals surface area contributed by atoms with E-state index in [1.165, 1.54) is 16.1 Å². The summed E-state index contributed by atoms with van der Waals surface area (Å²) in [6, 6.07) is 16.5. The van der Waals surface area contributed by atoms with Gasteiger partial charge in [0.05, 0.1) is 15.5 Å². The van der Waals surface area contributed by atoms with Crippen LogP contribution in [0.15, 0.2) is 70.6 Å². The van der Waals surface area contributed by atoms with Gasteiger partial charge in [0, 0.05) is 43.4 Å². The van der Waals surface area contributed by atoms with Crippen LogP contribution in [-0.4, -0.2) is 68.3 Å². The van der Waals surface area contributed by atoms with Gasteiger partial charge in [0.1, 0.15) is 10.0 Å². The number of amides is 1. The Morgan fingerprint density at radius 2 is 1.61 bits per heavy atom. The first-order valence-corrected chi connectivity index (χ1v) is 18.6. The number of carbonyl (C=O) groups excluding carboxylic acids is 1. The molecule has 0 radical (unpaired) electrons. The number of benzene rings is 2. The minimum absolute atomic E-state index is 0.128. The largest absolute Gasteiger partial charge is 0.481 e. The van der Waals surface area contributed by atoms with E-state index in [9.17, 15) is 18.0 Å². The Kier molecular flexibility index (Phi) is 11.8. The van der Waals surface area contributed by atoms with E-state index in [1.807, 2.05) is 48.7 Å². The van der Waals surface area contributed by atoms with Crippen molar-refractivity contribution in [1.29, 1.82) is 0 Å². The molecule has 1 N–H and O–H groups in total. The first-order chi connectivity index (χ1) is 22.2. The highest BCUT2D eigenvalue weighted by atomic mass is 32.2. The monoisotopic (exact) mass is 680 g/mol. The van der Waals surface area contributed by atoms with Gasteiger partial charge in [0.2, 0.25) is 10.0 Å². The van der Waals surface area contributed by atoms with E-state index in [0.29, 0.717) is 45.7 Å². The van der Waals surface area contributed by atoms with Crippen molar-refractivity contribution in [2.45, 2.75) is 75.5 Å². The van der Waals surface area contributed by atoms with Crippen molar-refractivity contribution >= 4 is 56.3 Å². The van der Waals surface area contributed by atoms with Gasteiger partial charge >= 0.3 is 5.97 Å². The molecule has 2 fully saturated rings. The number of carbonyl (C=O) groups is 2. The van der Waals surface area contributed by atoms with Crippen LogP contribution >= 0.6 is 24.0 Å². The first-order valence-electron chi connectivity index (χ1n) is 16.0. The molecule has 9 nitrogen and oxygen atoms in total. The molecule has 0 aliphatic carbocycles. The minimum atomic E-state index is -3.61. The average Bonchev–Trinajstić information content (AvgIpc) is 3.80. The van der Waals surface area contributed by atoms with Crippen LogP contribution in [0.5, 0.6) is 0 Å². The summed E-state index contributed by atoms with van der Waals surface area (Å²) in [4.78, 5) is 26.5. The number of aliphatic carboxylic acids is 1. The molecule has 0 spiro atoms. The molecule has 2 aromatic carbocycles. The van der Waals surface area contributed by atoms with Crippen LogP contribution in [0.4, 0.5) is 0 Å². The molecule has 2 aliphatic heterocycles. The maximum absolute atomic E-state index is 13.5. The SMILES string of the molecule is O=C(O)CCCCCCCCCCN1C(=O)C(=Cc2cn(-c3ccccc3)nc2-c2cccc(S(=O)(=O)N3CCCC3)c2)SC1=S. The maximum atomic E-state index is 13.5. The lowest BCUT2D eigenvalue weighted by molar-refractivity contribution is -0.137. The topological polar surface area (TPSA) is 113 Å². The van der Waals surface area contributed by atoms with Crippen molar-refractivity contribution < 1.29 is 23.1 Å². The van der Waals surface area contributed by atoms with Crippen molar-refractivity contribution in [2.24, 2.45) is 0 Å². The van der Waals surface area contributed by atoms with Crippen LogP contribution in [0.2, 0.25) is 0 Å². The zero-order valence-electron chi connectivity index (χ0n) is 25.8. The van der Waals surface area contributed by atoms with Gasteiger partial charge in [-0.1, -0.05) is 92.8 Å². The Labute approximate surface area is 280 Å². The number of sulfonamides is 1. The van der Waals surface area contributed by atoms with Crippen molar-refractivity contribution in [2.75, 3.05) is 19.6 Å². The van der Waals surface area contributed by atoms with E-state index in [4.69, 9.17) is 22.4 Å². The van der Waals surface area contributed by atoms with Gasteiger partial charge in [-0.2, -0.15) is 9.40 Å². The van der Waals surface area contributed by atoms with E-state index >= 15 is 0 Å². The Balaban J connectivity index is 1.29. The van der Waals surface area contributed by atoms with Gasteiger partial charge < -0.3 is 5.11 Å². The summed E-state index contributed by atoms with van der Waals surface area (Å²) in [6.45, 7) is 1.62. The molecule has 46 heavy (non-hydrogen) atoms. The molecule has 244 valence electrons. The van der Waals surface area contributed by atoms with Gasteiger partial charge in [0.25, 0.3) is 5.91 Å². The second-order valence-electron chi connectivity index (χ2n) is 11.7. The van der Waals surface area contributed by atoms with Gasteiger partial charge in [-0.05, 0) is 56.0 Å². The average molecular weight is 681 g/mol. The summed E-state index contributed by atoms with van der Waals surface area (Å²) in [5.41, 5.74) is 2.77. The standard InChI is InChI=1S/C34H40N4O5S3/c39-31(40)19-10-5-3-1-2-4-6-11-22-37-33(41)30(45-34(37)44)24-27-25-38(28-16-8-7-9-17-28)35-32(27)26-15-14-18-29(23-26)46(42,43)36-20-12-13-21-36/h7-9,14-18,23-25H,1-6,10-13,19-22H2,(H,39,40). The first kappa shape index (κ1) is 34.0. The Bertz CT molecular complexity index is 1680. The zero-order valence-corrected chi connectivity index (χ0v) is 28.3. The summed E-state index contributed by atoms with van der Waals surface area (Å²) < 4.78 is 30.5. The predicted octanol–water partition coefficient (Wildman–Crippen LogP) is 7.12. The van der Waals surface area contributed by atoms with Crippen LogP contribution in [0.25, 0.3) is 23.0 Å². The summed E-state index contributed by atoms with van der Waals surface area (Å²) in [7, 11) is -3.61. The van der Waals surface area contributed by atoms with E-state index in [-0.39, 0.29) is 17.2 Å². The predicted molar refractivity (Wildman–Crippen MR) is 186 cm³/mol. The lowest BCUT2D eigenvalue weighted by Gasteiger charge is -2.16. The molecular weight excluding hydrogens is 641 g/mol. The molecule has 5 rings (SSSR count). The zero-order chi connectivity index (χ0) is 32.5. The second kappa shape index (κ2) is 16.0. The molecule has 12 heteroatoms. The number of thiocarbonyl (C=S) groups is 1. The lowest BCUT2D eigenvalue weighted by Crippen LogP contribution is -2.29. The molecule has 0 saturated carbocycles. The van der Waals surface area contributed by atoms with Gasteiger partial charge in [-0.25, -0.2) is 13.1 Å². The normalized spacial score (nSPS) is 16.6. The third kappa shape index (κ3) is 8.52. The molecule has 0 atom stereocenters. The molecule has 1 amide bonds. The molecule has 3 heterocycles. The number of nitrogens with zero attached hydrogens (tertiary/aromatic N) is 4. The van der Waals surface area contributed by atoms with E-state index < -0.39 is 16.0 Å². The van der Waals surface area contributed by atoms with Crippen LogP contribution in [0, 0.1) is 0 Å². The minimum Gasteiger partial charge on any atom is -0.481 e. The Hall–Kier alpha value is -3.32. The van der Waals surface area contributed by atoms with Crippen molar-refractivity contribution in [3.8, 4) is 16.9 Å². The number of hydrogen-bond acceptors (Lipinski definition) is 7. The van der Waals surface area contributed by atoms with Crippen molar-refractivity contribution in [3.05, 3.63) is 71.3 Å². The van der Waals surface area contributed by atoms with Gasteiger partial charge in [-0.3, -0.25) is 14.5 Å². The third-order valence-corrected chi connectivity index (χ3v) is 11.5. The number of carboxylic acids is 1. The number of para-hydroxylation sites is 1. The summed E-state index contributed by atoms with van der Waals surface area (Å²) in [5.74, 6) is -0.860. The Morgan fingerprint density at radius 3 is 2.30 bits per heavy atom. The number of rotatable bonds is 16. The highest BCUT2D eigenvalue weighted by Crippen LogP contribution is 2.36. The van der Waals surface area contributed by atoms with Crippen LogP contribution in [0.1, 0.15) is 76.2 Å². The summed E-state index contributed by atoms with van der Waals surface area (Å²) in [6.07, 6.45) is 13.5. The fourth-order valence-electron chi connectivity index (χ4n) is 5.75. The fourth-order valence-corrected chi connectivity index (χ4v) is 8.62. The molecular formula is C34H40N4O5S3. The quantitative estimate of drug-likeness (QED) is 0.0967. The Morgan fingerprint density at radius 1 is 0.935 bits per heavy atom. The molecule has 1 aromatic heterocycles. The third-order valence-electron chi connectivity index (χ3n) is 8.26. The van der Waals surface area contributed by atoms with Gasteiger partial charge in [-0.15, -0.1) is 0 Å². The van der Waals surface area contributed by atoms with Crippen molar-refractivity contribution in [3.63, 3.8) is 0 Å². The maximum Gasteiger partial charge on any atom is 0.303 e. The highest BCUT2D eigenvalue weighted by molar-refractivity contribution is 8.26. The van der Waals surface area contributed by atoms with E-state index in [2.05, 4.69) is 0 Å². The molecule has 0 unspecified atom stereocenters. The molecule has 3 aromatic rings. The molecule has 2 aliphatic rings. The van der Waals surface area contributed by atoms with Crippen LogP contribution in [0.3, 0.4) is 0 Å². The van der Waals surface area contributed by atoms with E-state index in [1.54, 1.807) is 27.8 Å². The lowest BCUT2D eigenvalue weighted by atomic mass is 10.1. The smallest absolute Gasteiger partial charge is 0.303 e. The fraction of sp³-hybridized carbons (Fsp3) is 0.412. The summed E-state index contributed by atoms with van der Waals surface area (Å²) in [5, 5.41) is 13.6. The number of unbranched alkanes of at least 4 members (excludes halogenated alkanes) is 7. The second-order valence-corrected chi connectivity index (χ2v) is 15.3. The highest BCUT2D eigenvalue weighted by Gasteiger charge is 2.32. The summed E-state index contributed by atoms with van der Waals surface area (Å²) >= 11 is 6.88. The number of carboxylic acid groups (broad SMARTS) is 1. The molecule has 2 saturated heterocycles. The number of thioether (sulfide) groups is 1. The van der Waals surface area contributed by atoms with Crippen LogP contribution < -0.4 is 0 Å². The number of aromatic nitrogens is 2. The van der Waals surface area contributed by atoms with Crippen LogP contribution in [-0.2, 0) is 19.6 Å². The van der Waals surface area contributed by atoms with Crippen molar-refractivity contribution in [1.82, 2.24) is 19.0 Å². The molecule has 0 bridgehead atoms. The van der Waals surface area contributed by atoms with E-state index in [0.717, 1.165) is 69.9 Å². The van der Waals surface area contributed by atoms with Gasteiger partial charge in [0.15, 0.2) is 0 Å².